The van der Waals surface area contributed by atoms with Crippen molar-refractivity contribution in [3.8, 4) is 44.5 Å². The Kier molecular flexibility index (Phi) is 7.85. The lowest BCUT2D eigenvalue weighted by atomic mass is 9.98. The van der Waals surface area contributed by atoms with E-state index in [1.807, 2.05) is 0 Å². The molecule has 10 rings (SSSR count). The lowest BCUT2D eigenvalue weighted by Gasteiger charge is -2.28. The highest BCUT2D eigenvalue weighted by molar-refractivity contribution is 6.15. The van der Waals surface area contributed by atoms with Crippen LogP contribution in [-0.4, -0.2) is 0 Å². The third-order valence-electron chi connectivity index (χ3n) is 10.5. The first-order chi connectivity index (χ1) is 26.8. The van der Waals surface area contributed by atoms with Crippen molar-refractivity contribution in [2.45, 2.75) is 0 Å². The van der Waals surface area contributed by atoms with E-state index < -0.39 is 0 Å². The fourth-order valence-corrected chi connectivity index (χ4v) is 7.76. The van der Waals surface area contributed by atoms with Crippen LogP contribution in [0.3, 0.4) is 0 Å². The Labute approximate surface area is 314 Å². The molecule has 0 aliphatic carbocycles. The molecule has 0 aliphatic heterocycles. The second-order valence-corrected chi connectivity index (χ2v) is 13.7. The average molecular weight is 690 g/mol. The largest absolute Gasteiger partial charge is 0.455 e. The molecule has 0 radical (unpaired) electrons. The van der Waals surface area contributed by atoms with E-state index in [1.165, 1.54) is 38.8 Å². The first-order valence-corrected chi connectivity index (χ1v) is 18.4. The third-order valence-corrected chi connectivity index (χ3v) is 10.5. The highest BCUT2D eigenvalue weighted by Crippen LogP contribution is 2.43. The molecule has 1 aromatic heterocycles. The van der Waals surface area contributed by atoms with Crippen molar-refractivity contribution < 1.29 is 4.42 Å². The summed E-state index contributed by atoms with van der Waals surface area (Å²) in [7, 11) is 0. The predicted molar refractivity (Wildman–Crippen MR) is 228 cm³/mol. The zero-order valence-corrected chi connectivity index (χ0v) is 29.6. The lowest BCUT2D eigenvalue weighted by Crippen LogP contribution is -2.11. The van der Waals surface area contributed by atoms with E-state index in [-0.39, 0.29) is 0 Å². The molecule has 0 fully saturated rings. The van der Waals surface area contributed by atoms with Crippen LogP contribution in [0.5, 0.6) is 0 Å². The van der Waals surface area contributed by atoms with Crippen LogP contribution in [-0.2, 0) is 0 Å². The second-order valence-electron chi connectivity index (χ2n) is 13.7. The quantitative estimate of drug-likeness (QED) is 0.166. The van der Waals surface area contributed by atoms with Gasteiger partial charge in [0, 0.05) is 33.1 Å². The second kappa shape index (κ2) is 13.4. The van der Waals surface area contributed by atoms with Crippen molar-refractivity contribution in [1.29, 1.82) is 0 Å². The summed E-state index contributed by atoms with van der Waals surface area (Å²) in [6, 6.07) is 75.8. The summed E-state index contributed by atoms with van der Waals surface area (Å²) in [6.07, 6.45) is 0. The smallest absolute Gasteiger partial charge is 0.143 e. The summed E-state index contributed by atoms with van der Waals surface area (Å²) < 4.78 is 6.63. The number of nitrogens with zero attached hydrogens (tertiary/aromatic N) is 1. The molecular weight excluding hydrogens is 655 g/mol. The zero-order chi connectivity index (χ0) is 35.8. The number of hydrogen-bond acceptors (Lipinski definition) is 2. The monoisotopic (exact) mass is 689 g/mol. The van der Waals surface area contributed by atoms with E-state index in [2.05, 4.69) is 217 Å². The van der Waals surface area contributed by atoms with Crippen LogP contribution in [0.25, 0.3) is 77.2 Å². The van der Waals surface area contributed by atoms with Crippen molar-refractivity contribution in [2.24, 2.45) is 0 Å². The van der Waals surface area contributed by atoms with Gasteiger partial charge < -0.3 is 9.32 Å². The Hall–Kier alpha value is -7.16. The van der Waals surface area contributed by atoms with Gasteiger partial charge in [-0.05, 0) is 98.9 Å². The van der Waals surface area contributed by atoms with Gasteiger partial charge in [-0.25, -0.2) is 0 Å². The van der Waals surface area contributed by atoms with Crippen molar-refractivity contribution in [3.05, 3.63) is 212 Å². The molecule has 2 nitrogen and oxygen atoms in total. The average Bonchev–Trinajstić information content (AvgIpc) is 3.64. The highest BCUT2D eigenvalue weighted by Gasteiger charge is 2.19. The minimum absolute atomic E-state index is 0.884. The molecule has 0 saturated carbocycles. The van der Waals surface area contributed by atoms with Gasteiger partial charge in [-0.15, -0.1) is 0 Å². The Bertz CT molecular complexity index is 2910. The van der Waals surface area contributed by atoms with Gasteiger partial charge in [0.2, 0.25) is 0 Å². The molecule has 254 valence electrons. The molecule has 0 bridgehead atoms. The summed E-state index contributed by atoms with van der Waals surface area (Å²) in [4.78, 5) is 2.37. The lowest BCUT2D eigenvalue weighted by molar-refractivity contribution is 0.673. The maximum atomic E-state index is 6.63. The Morgan fingerprint density at radius 3 is 1.54 bits per heavy atom. The topological polar surface area (TPSA) is 16.4 Å². The van der Waals surface area contributed by atoms with E-state index in [1.54, 1.807) is 0 Å². The fourth-order valence-electron chi connectivity index (χ4n) is 7.76. The van der Waals surface area contributed by atoms with E-state index >= 15 is 0 Å². The number of rotatable bonds is 7. The maximum Gasteiger partial charge on any atom is 0.143 e. The Morgan fingerprint density at radius 1 is 0.315 bits per heavy atom. The summed E-state index contributed by atoms with van der Waals surface area (Å²) in [5.74, 6) is 0. The molecule has 0 N–H and O–H groups in total. The summed E-state index contributed by atoms with van der Waals surface area (Å²) in [6.45, 7) is 0. The molecule has 0 amide bonds. The molecule has 0 atom stereocenters. The van der Waals surface area contributed by atoms with Crippen molar-refractivity contribution in [2.75, 3.05) is 4.90 Å². The number of furan rings is 1. The molecule has 2 heteroatoms. The minimum atomic E-state index is 0.884. The van der Waals surface area contributed by atoms with Gasteiger partial charge >= 0.3 is 0 Å². The van der Waals surface area contributed by atoms with Crippen molar-refractivity contribution in [1.82, 2.24) is 0 Å². The van der Waals surface area contributed by atoms with Crippen molar-refractivity contribution in [3.63, 3.8) is 0 Å². The van der Waals surface area contributed by atoms with E-state index in [4.69, 9.17) is 4.42 Å². The molecule has 9 aromatic carbocycles. The number of hydrogen-bond donors (Lipinski definition) is 0. The molecule has 54 heavy (non-hydrogen) atoms. The van der Waals surface area contributed by atoms with Crippen LogP contribution in [0.1, 0.15) is 0 Å². The number of anilines is 3. The highest BCUT2D eigenvalue weighted by atomic mass is 16.3. The molecular formula is C52H35NO. The maximum absolute atomic E-state index is 6.63. The van der Waals surface area contributed by atoms with Crippen molar-refractivity contribution >= 4 is 49.8 Å². The van der Waals surface area contributed by atoms with E-state index in [0.717, 1.165) is 55.5 Å². The van der Waals surface area contributed by atoms with Crippen LogP contribution in [0.15, 0.2) is 217 Å². The van der Waals surface area contributed by atoms with Crippen LogP contribution < -0.4 is 4.90 Å². The van der Waals surface area contributed by atoms with E-state index in [0.29, 0.717) is 0 Å². The molecule has 0 unspecified atom stereocenters. The third kappa shape index (κ3) is 5.71. The first-order valence-electron chi connectivity index (χ1n) is 18.4. The Morgan fingerprint density at radius 2 is 0.833 bits per heavy atom. The van der Waals surface area contributed by atoms with Gasteiger partial charge in [0.15, 0.2) is 0 Å². The van der Waals surface area contributed by atoms with E-state index in [9.17, 15) is 0 Å². The Balaban J connectivity index is 1.08. The van der Waals surface area contributed by atoms with Crippen LogP contribution in [0.2, 0.25) is 0 Å². The first kappa shape index (κ1) is 31.6. The SMILES string of the molecule is c1ccc(-c2ccc(N(c3ccc(-c4cccc(-c5ccccc5)c4)cc3)c3ccccc3-c3ccc4c(c3)oc3c5ccccc5ccc43)cc2)cc1. The molecule has 10 aromatic rings. The van der Waals surface area contributed by atoms with Gasteiger partial charge in [0.25, 0.3) is 0 Å². The molecule has 0 aliphatic rings. The summed E-state index contributed by atoms with van der Waals surface area (Å²) in [5.41, 5.74) is 14.5. The number of benzene rings is 9. The summed E-state index contributed by atoms with van der Waals surface area (Å²) in [5, 5.41) is 4.57. The van der Waals surface area contributed by atoms with Crippen LogP contribution in [0, 0.1) is 0 Å². The predicted octanol–water partition coefficient (Wildman–Crippen LogP) is 14.9. The minimum Gasteiger partial charge on any atom is -0.455 e. The van der Waals surface area contributed by atoms with Gasteiger partial charge in [-0.2, -0.15) is 0 Å². The van der Waals surface area contributed by atoms with Gasteiger partial charge in [-0.1, -0.05) is 158 Å². The number of fused-ring (bicyclic) bond motifs is 5. The van der Waals surface area contributed by atoms with Gasteiger partial charge in [0.1, 0.15) is 11.2 Å². The number of para-hydroxylation sites is 1. The zero-order valence-electron chi connectivity index (χ0n) is 29.6. The fraction of sp³-hybridized carbons (Fsp3) is 0. The van der Waals surface area contributed by atoms with Gasteiger partial charge in [-0.3, -0.25) is 0 Å². The van der Waals surface area contributed by atoms with Crippen LogP contribution >= 0.6 is 0 Å². The summed E-state index contributed by atoms with van der Waals surface area (Å²) >= 11 is 0. The molecule has 0 spiro atoms. The standard InChI is InChI=1S/C52H35NO/c1-3-12-36(13-4-1)38-22-28-44(29-23-38)53(45-30-24-39(25-31-45)42-18-11-17-41(34-42)37-14-5-2-6-15-37)50-21-10-9-19-46(50)43-27-32-48-49-33-26-40-16-7-8-20-47(40)52(49)54-51(48)35-43/h1-35H. The normalized spacial score (nSPS) is 11.3. The van der Waals surface area contributed by atoms with Gasteiger partial charge in [0.05, 0.1) is 5.69 Å². The van der Waals surface area contributed by atoms with Crippen LogP contribution in [0.4, 0.5) is 17.1 Å². The molecule has 1 heterocycles. The molecule has 0 saturated heterocycles.